The SMILES string of the molecule is Clc1ccc[cH-]1.[Ru+2].c1cc[cH-]c1. The van der Waals surface area contributed by atoms with E-state index in [1.54, 1.807) is 0 Å². The van der Waals surface area contributed by atoms with Gasteiger partial charge in [0, 0.05) is 0 Å². The Labute approximate surface area is 90.7 Å². The second-order valence-corrected chi connectivity index (χ2v) is 2.50. The number of halogens is 1. The van der Waals surface area contributed by atoms with E-state index in [0.29, 0.717) is 0 Å². The summed E-state index contributed by atoms with van der Waals surface area (Å²) in [6.45, 7) is 0. The fourth-order valence-electron chi connectivity index (χ4n) is 0.671. The molecule has 0 aliphatic carbocycles. The van der Waals surface area contributed by atoms with Crippen molar-refractivity contribution in [3.8, 4) is 0 Å². The van der Waals surface area contributed by atoms with Crippen LogP contribution in [-0.2, 0) is 19.5 Å². The summed E-state index contributed by atoms with van der Waals surface area (Å²) in [7, 11) is 0. The Morgan fingerprint density at radius 1 is 1.00 bits per heavy atom. The summed E-state index contributed by atoms with van der Waals surface area (Å²) < 4.78 is 0. The first-order valence-corrected chi connectivity index (χ1v) is 3.81. The molecular weight excluding hydrogens is 257 g/mol. The Hall–Kier alpha value is -0.387. The first kappa shape index (κ1) is 11.6. The maximum Gasteiger partial charge on any atom is 2.00 e. The minimum Gasteiger partial charge on any atom is -0.214 e. The van der Waals surface area contributed by atoms with Gasteiger partial charge in [-0.1, -0.05) is 5.02 Å². The molecule has 0 fully saturated rings. The van der Waals surface area contributed by atoms with Gasteiger partial charge in [-0.15, -0.1) is 11.6 Å². The van der Waals surface area contributed by atoms with Gasteiger partial charge in [0.25, 0.3) is 0 Å². The van der Waals surface area contributed by atoms with Crippen LogP contribution in [0.2, 0.25) is 5.02 Å². The van der Waals surface area contributed by atoms with Crippen molar-refractivity contribution in [2.45, 2.75) is 0 Å². The standard InChI is InChI=1S/C5H4Cl.C5H5.Ru/c6-5-3-1-2-4-5;1-2-4-5-3-1;/h1-4H;1-5H;/q2*-1;+2. The van der Waals surface area contributed by atoms with Crippen LogP contribution in [0.5, 0.6) is 0 Å². The second-order valence-electron chi connectivity index (χ2n) is 2.07. The molecule has 0 aliphatic rings. The summed E-state index contributed by atoms with van der Waals surface area (Å²) in [5.41, 5.74) is 0. The maximum atomic E-state index is 5.46. The zero-order chi connectivity index (χ0) is 7.94. The van der Waals surface area contributed by atoms with Crippen molar-refractivity contribution < 1.29 is 19.5 Å². The monoisotopic (exact) mass is 266 g/mol. The van der Waals surface area contributed by atoms with Gasteiger partial charge in [-0.05, 0) is 0 Å². The van der Waals surface area contributed by atoms with Crippen LogP contribution in [0.3, 0.4) is 0 Å². The molecule has 0 radical (unpaired) electrons. The van der Waals surface area contributed by atoms with E-state index in [0.717, 1.165) is 5.02 Å². The molecule has 0 atom stereocenters. The normalized spacial score (nSPS) is 7.75. The smallest absolute Gasteiger partial charge is 0.214 e. The van der Waals surface area contributed by atoms with E-state index in [1.807, 2.05) is 54.6 Å². The van der Waals surface area contributed by atoms with Gasteiger partial charge in [0.15, 0.2) is 0 Å². The molecule has 0 spiro atoms. The predicted molar refractivity (Wildman–Crippen MR) is 49.1 cm³/mol. The molecule has 0 N–H and O–H groups in total. The van der Waals surface area contributed by atoms with Gasteiger partial charge < -0.3 is 0 Å². The molecule has 0 bridgehead atoms. The third kappa shape index (κ3) is 5.29. The third-order valence-corrected chi connectivity index (χ3v) is 1.43. The Kier molecular flexibility index (Phi) is 7.04. The summed E-state index contributed by atoms with van der Waals surface area (Å²) in [6, 6.07) is 17.5. The number of hydrogen-bond donors (Lipinski definition) is 0. The summed E-state index contributed by atoms with van der Waals surface area (Å²) in [5, 5.41) is 0.815. The van der Waals surface area contributed by atoms with E-state index < -0.39 is 0 Å². The summed E-state index contributed by atoms with van der Waals surface area (Å²) in [4.78, 5) is 0. The Morgan fingerprint density at radius 2 is 1.67 bits per heavy atom. The van der Waals surface area contributed by atoms with Crippen molar-refractivity contribution in [2.24, 2.45) is 0 Å². The molecule has 2 aromatic carbocycles. The summed E-state index contributed by atoms with van der Waals surface area (Å²) >= 11 is 5.46. The zero-order valence-electron chi connectivity index (χ0n) is 6.43. The van der Waals surface area contributed by atoms with E-state index >= 15 is 0 Å². The van der Waals surface area contributed by atoms with E-state index in [-0.39, 0.29) is 19.5 Å². The van der Waals surface area contributed by atoms with Gasteiger partial charge in [0.05, 0.1) is 0 Å². The molecule has 2 aromatic rings. The number of rotatable bonds is 0. The largest absolute Gasteiger partial charge is 2.00 e. The minimum absolute atomic E-state index is 0. The molecule has 12 heavy (non-hydrogen) atoms. The molecule has 0 heterocycles. The second kappa shape index (κ2) is 7.27. The molecule has 0 amide bonds. The van der Waals surface area contributed by atoms with E-state index in [2.05, 4.69) is 0 Å². The molecule has 0 saturated heterocycles. The van der Waals surface area contributed by atoms with Gasteiger partial charge in [0.1, 0.15) is 0 Å². The average Bonchev–Trinajstić information content (AvgIpc) is 2.57. The summed E-state index contributed by atoms with van der Waals surface area (Å²) in [5.74, 6) is 0. The fraction of sp³-hybridized carbons (Fsp3) is 0. The van der Waals surface area contributed by atoms with Crippen LogP contribution in [0.25, 0.3) is 0 Å². The van der Waals surface area contributed by atoms with Gasteiger partial charge in [-0.3, -0.25) is 0 Å². The zero-order valence-corrected chi connectivity index (χ0v) is 8.92. The first-order chi connectivity index (χ1) is 5.39. The molecule has 0 nitrogen and oxygen atoms in total. The Balaban J connectivity index is 0.000000189. The first-order valence-electron chi connectivity index (χ1n) is 3.43. The predicted octanol–water partition coefficient (Wildman–Crippen LogP) is 3.46. The van der Waals surface area contributed by atoms with E-state index in [4.69, 9.17) is 11.6 Å². The quantitative estimate of drug-likeness (QED) is 0.505. The molecule has 0 saturated carbocycles. The minimum atomic E-state index is 0. The Morgan fingerprint density at radius 3 is 1.83 bits per heavy atom. The van der Waals surface area contributed by atoms with Gasteiger partial charge in [-0.25, -0.2) is 18.2 Å². The van der Waals surface area contributed by atoms with Crippen molar-refractivity contribution in [1.29, 1.82) is 0 Å². The van der Waals surface area contributed by atoms with Crippen molar-refractivity contribution in [3.05, 3.63) is 59.6 Å². The summed E-state index contributed by atoms with van der Waals surface area (Å²) in [6.07, 6.45) is 0. The molecule has 0 aromatic heterocycles. The van der Waals surface area contributed by atoms with Crippen LogP contribution in [0.4, 0.5) is 0 Å². The molecule has 2 heteroatoms. The van der Waals surface area contributed by atoms with Crippen LogP contribution < -0.4 is 0 Å². The molecule has 0 unspecified atom stereocenters. The number of hydrogen-bond acceptors (Lipinski definition) is 0. The van der Waals surface area contributed by atoms with Crippen LogP contribution in [0, 0.1) is 0 Å². The van der Waals surface area contributed by atoms with Crippen LogP contribution in [0.1, 0.15) is 0 Å². The van der Waals surface area contributed by atoms with Crippen molar-refractivity contribution in [2.75, 3.05) is 0 Å². The van der Waals surface area contributed by atoms with Gasteiger partial charge in [-0.2, -0.15) is 36.4 Å². The average molecular weight is 266 g/mol. The van der Waals surface area contributed by atoms with E-state index in [1.165, 1.54) is 0 Å². The fourth-order valence-corrected chi connectivity index (χ4v) is 0.817. The third-order valence-electron chi connectivity index (χ3n) is 1.18. The van der Waals surface area contributed by atoms with Crippen LogP contribution in [-0.4, -0.2) is 0 Å². The van der Waals surface area contributed by atoms with Gasteiger partial charge >= 0.3 is 19.5 Å². The van der Waals surface area contributed by atoms with E-state index in [9.17, 15) is 0 Å². The van der Waals surface area contributed by atoms with Crippen molar-refractivity contribution in [1.82, 2.24) is 0 Å². The van der Waals surface area contributed by atoms with Crippen molar-refractivity contribution in [3.63, 3.8) is 0 Å². The van der Waals surface area contributed by atoms with Crippen molar-refractivity contribution >= 4 is 11.6 Å². The molecule has 2 rings (SSSR count). The Bertz CT molecular complexity index is 228. The van der Waals surface area contributed by atoms with Crippen LogP contribution >= 0.6 is 11.6 Å². The van der Waals surface area contributed by atoms with Gasteiger partial charge in [0.2, 0.25) is 0 Å². The topological polar surface area (TPSA) is 0 Å². The molecular formula is C10H9ClRu. The maximum absolute atomic E-state index is 5.46. The molecule has 0 aliphatic heterocycles. The van der Waals surface area contributed by atoms with Crippen LogP contribution in [0.15, 0.2) is 54.6 Å². The molecule has 64 valence electrons.